The van der Waals surface area contributed by atoms with Crippen molar-refractivity contribution in [2.24, 2.45) is 11.3 Å². The van der Waals surface area contributed by atoms with Crippen molar-refractivity contribution in [3.8, 4) is 0 Å². The molecule has 0 bridgehead atoms. The van der Waals surface area contributed by atoms with Gasteiger partial charge in [-0.3, -0.25) is 4.79 Å². The van der Waals surface area contributed by atoms with Gasteiger partial charge in [0.1, 0.15) is 0 Å². The number of carbonyl (C=O) groups excluding carboxylic acids is 1. The molecule has 1 aromatic rings. The van der Waals surface area contributed by atoms with Gasteiger partial charge < -0.3 is 23.3 Å². The number of hydrogen-bond donors (Lipinski definition) is 0. The van der Waals surface area contributed by atoms with E-state index in [1.165, 1.54) is 11.8 Å². The van der Waals surface area contributed by atoms with Crippen LogP contribution < -0.4 is 0 Å². The fraction of sp³-hybridized carbons (Fsp3) is 0.708. The van der Waals surface area contributed by atoms with E-state index in [0.717, 1.165) is 18.4 Å². The molecule has 32 heavy (non-hydrogen) atoms. The van der Waals surface area contributed by atoms with Crippen molar-refractivity contribution in [1.82, 2.24) is 0 Å². The highest BCUT2D eigenvalue weighted by Crippen LogP contribution is 2.37. The molecule has 3 rings (SSSR count). The molecule has 2 aliphatic rings. The third-order valence-corrected chi connectivity index (χ3v) is 8.24. The summed E-state index contributed by atoms with van der Waals surface area (Å²) in [4.78, 5) is 12.5. The van der Waals surface area contributed by atoms with Crippen molar-refractivity contribution in [3.63, 3.8) is 0 Å². The largest absolute Gasteiger partial charge is 0.372 e. The van der Waals surface area contributed by atoms with E-state index in [1.807, 2.05) is 31.2 Å². The Labute approximate surface area is 199 Å². The van der Waals surface area contributed by atoms with Crippen molar-refractivity contribution in [2.45, 2.75) is 72.0 Å². The smallest absolute Gasteiger partial charge is 0.219 e. The van der Waals surface area contributed by atoms with Gasteiger partial charge in [0.05, 0.1) is 38.1 Å². The number of rotatable bonds is 10. The highest BCUT2D eigenvalue weighted by molar-refractivity contribution is 8.14. The Morgan fingerprint density at radius 2 is 1.88 bits per heavy atom. The molecule has 5 unspecified atom stereocenters. The molecule has 6 nitrogen and oxygen atoms in total. The molecule has 1 aromatic carbocycles. The molecule has 2 fully saturated rings. The third-order valence-electron chi connectivity index (χ3n) is 6.68. The van der Waals surface area contributed by atoms with Crippen LogP contribution in [0.1, 0.15) is 71.0 Å². The van der Waals surface area contributed by atoms with Gasteiger partial charge >= 0.3 is 0 Å². The van der Waals surface area contributed by atoms with Gasteiger partial charge in [-0.2, -0.15) is 0 Å². The number of benzene rings is 1. The van der Waals surface area contributed by atoms with Crippen molar-refractivity contribution in [3.05, 3.63) is 35.4 Å². The van der Waals surface area contributed by atoms with E-state index in [1.54, 1.807) is 0 Å². The molecule has 0 radical (unpaired) electrons. The predicted molar refractivity (Wildman–Crippen MR) is 129 cm³/mol. The van der Waals surface area contributed by atoms with E-state index in [0.29, 0.717) is 31.1 Å². The summed E-state index contributed by atoms with van der Waals surface area (Å²) in [6, 6.07) is 7.47. The van der Waals surface area contributed by atoms with Gasteiger partial charge in [-0.25, -0.2) is 0 Å². The maximum absolute atomic E-state index is 12.5. The quantitative estimate of drug-likeness (QED) is 0.308. The lowest BCUT2D eigenvalue weighted by Gasteiger charge is -2.39. The zero-order chi connectivity index (χ0) is 23.8. The minimum absolute atomic E-state index is 0.0109. The molecule has 0 aromatic heterocycles. The van der Waals surface area contributed by atoms with Gasteiger partial charge in [-0.15, -0.1) is 0 Å². The lowest BCUT2D eigenvalue weighted by atomic mass is 9.83. The van der Waals surface area contributed by atoms with Crippen molar-refractivity contribution in [1.29, 1.82) is 0 Å². The van der Waals surface area contributed by atoms with Crippen molar-refractivity contribution in [2.75, 3.05) is 25.6 Å². The predicted octanol–water partition coefficient (Wildman–Crippen LogP) is 5.77. The molecular formula is C24H37O6PS. The molecule has 0 aliphatic carbocycles. The molecule has 8 heteroatoms. The second-order valence-corrected chi connectivity index (χ2v) is 10.4. The topological polar surface area (TPSA) is 63.2 Å². The third kappa shape index (κ3) is 6.53. The Morgan fingerprint density at radius 3 is 2.50 bits per heavy atom. The molecular weight excluding hydrogens is 447 g/mol. The fourth-order valence-electron chi connectivity index (χ4n) is 3.88. The standard InChI is InChI=1S/C24H37O6PS/c1-6-24(7-2)14-26-23(27-15-24)20-10-8-19(9-11-20)22(25)32-13-12-28-31-30-21-16(3)17(4)29-18(21)5/h8-11,16-18,21,23,31H,6-7,12-15H2,1-5H3/i5D. The maximum Gasteiger partial charge on any atom is 0.219 e. The highest BCUT2D eigenvalue weighted by Gasteiger charge is 2.38. The summed E-state index contributed by atoms with van der Waals surface area (Å²) in [5.74, 6) is 0.789. The Morgan fingerprint density at radius 1 is 1.19 bits per heavy atom. The van der Waals surface area contributed by atoms with E-state index >= 15 is 0 Å². The minimum atomic E-state index is -0.368. The Bertz CT molecular complexity index is 737. The van der Waals surface area contributed by atoms with E-state index in [9.17, 15) is 4.79 Å². The molecule has 2 saturated heterocycles. The monoisotopic (exact) mass is 485 g/mol. The van der Waals surface area contributed by atoms with E-state index in [4.69, 9.17) is 24.6 Å². The molecule has 0 spiro atoms. The first-order valence-electron chi connectivity index (χ1n) is 12.1. The first-order valence-corrected chi connectivity index (χ1v) is 13.2. The first kappa shape index (κ1) is 24.6. The summed E-state index contributed by atoms with van der Waals surface area (Å²) in [7, 11) is -0.119. The average Bonchev–Trinajstić information content (AvgIpc) is 3.14. The van der Waals surface area contributed by atoms with Crippen LogP contribution in [0, 0.1) is 11.3 Å². The highest BCUT2D eigenvalue weighted by atomic mass is 32.2. The second-order valence-electron chi connectivity index (χ2n) is 8.67. The molecule has 0 saturated carbocycles. The zero-order valence-electron chi connectivity index (χ0n) is 20.5. The van der Waals surface area contributed by atoms with Crippen LogP contribution in [-0.2, 0) is 23.3 Å². The van der Waals surface area contributed by atoms with Crippen LogP contribution in [0.15, 0.2) is 24.3 Å². The van der Waals surface area contributed by atoms with Gasteiger partial charge in [-0.05, 0) is 26.7 Å². The van der Waals surface area contributed by atoms with Crippen molar-refractivity contribution >= 4 is 25.9 Å². The summed E-state index contributed by atoms with van der Waals surface area (Å²) < 4.78 is 36.7. The average molecular weight is 486 g/mol. The first-order chi connectivity index (χ1) is 15.9. The fourth-order valence-corrected chi connectivity index (χ4v) is 5.41. The van der Waals surface area contributed by atoms with Gasteiger partial charge in [-0.1, -0.05) is 56.8 Å². The lowest BCUT2D eigenvalue weighted by molar-refractivity contribution is -0.235. The number of thioether (sulfide) groups is 1. The number of carbonyl (C=O) groups is 1. The SMILES string of the molecule is [2H]CC1OC(C)C(C)C1OPOCCSC(=O)c1ccc(C2OCC(CC)(CC)CO2)cc1. The summed E-state index contributed by atoms with van der Waals surface area (Å²) in [5.41, 5.74) is 1.70. The van der Waals surface area contributed by atoms with Crippen LogP contribution in [-0.4, -0.2) is 49.0 Å². The summed E-state index contributed by atoms with van der Waals surface area (Å²) in [6.07, 6.45) is 1.49. The van der Waals surface area contributed by atoms with Crippen LogP contribution >= 0.6 is 20.8 Å². The van der Waals surface area contributed by atoms with Crippen LogP contribution in [0.3, 0.4) is 0 Å². The molecule has 2 aliphatic heterocycles. The Hall–Kier alpha value is -0.530. The molecule has 0 N–H and O–H groups in total. The molecule has 5 atom stereocenters. The zero-order valence-corrected chi connectivity index (χ0v) is 21.3. The van der Waals surface area contributed by atoms with Gasteiger partial charge in [0.25, 0.3) is 0 Å². The van der Waals surface area contributed by atoms with E-state index in [-0.39, 0.29) is 57.0 Å². The second kappa shape index (κ2) is 12.3. The van der Waals surface area contributed by atoms with E-state index < -0.39 is 0 Å². The molecule has 2 heterocycles. The number of hydrogen-bond acceptors (Lipinski definition) is 7. The molecule has 0 amide bonds. The molecule has 180 valence electrons. The normalized spacial score (nSPS) is 28.9. The van der Waals surface area contributed by atoms with Gasteiger partial charge in [0, 0.05) is 29.6 Å². The van der Waals surface area contributed by atoms with E-state index in [2.05, 4.69) is 20.8 Å². The van der Waals surface area contributed by atoms with Crippen molar-refractivity contribution < 1.29 is 29.4 Å². The minimum Gasteiger partial charge on any atom is -0.372 e. The Balaban J connectivity index is 1.35. The van der Waals surface area contributed by atoms with Crippen LogP contribution in [0.5, 0.6) is 0 Å². The maximum atomic E-state index is 12.5. The summed E-state index contributed by atoms with van der Waals surface area (Å²) in [5, 5.41) is 0.0109. The summed E-state index contributed by atoms with van der Waals surface area (Å²) in [6.45, 7) is 10.4. The Kier molecular flexibility index (Phi) is 9.42. The lowest BCUT2D eigenvalue weighted by Crippen LogP contribution is -2.37. The van der Waals surface area contributed by atoms with Crippen LogP contribution in [0.25, 0.3) is 0 Å². The van der Waals surface area contributed by atoms with Gasteiger partial charge in [0.2, 0.25) is 5.12 Å². The van der Waals surface area contributed by atoms with Crippen LogP contribution in [0.4, 0.5) is 0 Å². The van der Waals surface area contributed by atoms with Crippen LogP contribution in [0.2, 0.25) is 0 Å². The summed E-state index contributed by atoms with van der Waals surface area (Å²) >= 11 is 1.23. The van der Waals surface area contributed by atoms with Gasteiger partial charge in [0.15, 0.2) is 15.3 Å². The number of ether oxygens (including phenoxy) is 3.